The maximum Gasteiger partial charge on any atom is 0.120 e. The molecule has 0 saturated carbocycles. The summed E-state index contributed by atoms with van der Waals surface area (Å²) in [6.07, 6.45) is 16.4. The van der Waals surface area contributed by atoms with Gasteiger partial charge in [-0.05, 0) is 71.1 Å². The molecular formula is C34H45NO2. The first-order valence-electron chi connectivity index (χ1n) is 14.6. The van der Waals surface area contributed by atoms with E-state index in [1.54, 1.807) is 0 Å². The molecule has 0 aliphatic rings. The van der Waals surface area contributed by atoms with Gasteiger partial charge in [0, 0.05) is 0 Å². The Morgan fingerprint density at radius 1 is 0.568 bits per heavy atom. The molecule has 3 rings (SSSR count). The summed E-state index contributed by atoms with van der Waals surface area (Å²) in [4.78, 5) is 0. The second-order valence-electron chi connectivity index (χ2n) is 10.1. The molecule has 3 heteroatoms. The molecule has 3 nitrogen and oxygen atoms in total. The second-order valence-corrected chi connectivity index (χ2v) is 10.1. The summed E-state index contributed by atoms with van der Waals surface area (Å²) in [5, 5.41) is 12.1. The van der Waals surface area contributed by atoms with E-state index in [1.165, 1.54) is 70.6 Å². The van der Waals surface area contributed by atoms with Crippen LogP contribution in [0.15, 0.2) is 54.6 Å². The van der Waals surface area contributed by atoms with E-state index in [2.05, 4.69) is 56.3 Å². The molecule has 0 radical (unpaired) electrons. The first-order chi connectivity index (χ1) is 18.2. The van der Waals surface area contributed by atoms with Crippen molar-refractivity contribution in [3.05, 3.63) is 60.2 Å². The average molecular weight is 500 g/mol. The molecule has 3 aromatic carbocycles. The summed E-state index contributed by atoms with van der Waals surface area (Å²) in [6, 6.07) is 20.9. The fourth-order valence-corrected chi connectivity index (χ4v) is 4.76. The van der Waals surface area contributed by atoms with Gasteiger partial charge in [0.05, 0.1) is 24.8 Å². The van der Waals surface area contributed by atoms with Crippen molar-refractivity contribution in [1.29, 1.82) is 5.26 Å². The molecule has 0 atom stereocenters. The van der Waals surface area contributed by atoms with Crippen molar-refractivity contribution in [3.63, 3.8) is 0 Å². The van der Waals surface area contributed by atoms with Gasteiger partial charge < -0.3 is 9.47 Å². The van der Waals surface area contributed by atoms with Gasteiger partial charge in [-0.25, -0.2) is 0 Å². The zero-order valence-electron chi connectivity index (χ0n) is 23.1. The minimum Gasteiger partial charge on any atom is -0.494 e. The standard InChI is InChI=1S/C34H45NO2/c1-3-5-7-9-11-13-15-23-37-33-20-21-34(31(26-33)27-35)30-17-16-29-25-32(19-18-28(29)24-30)36-22-14-12-10-8-6-4-2/h16-21,24-26H,3-15,22-23H2,1-2H3. The highest BCUT2D eigenvalue weighted by Crippen LogP contribution is 2.31. The third-order valence-electron chi connectivity index (χ3n) is 7.02. The Morgan fingerprint density at radius 3 is 1.70 bits per heavy atom. The van der Waals surface area contributed by atoms with Crippen LogP contribution in [0.3, 0.4) is 0 Å². The van der Waals surface area contributed by atoms with E-state index in [-0.39, 0.29) is 0 Å². The first kappa shape index (κ1) is 28.6. The van der Waals surface area contributed by atoms with Gasteiger partial charge in [-0.15, -0.1) is 0 Å². The van der Waals surface area contributed by atoms with E-state index >= 15 is 0 Å². The van der Waals surface area contributed by atoms with Crippen LogP contribution in [-0.4, -0.2) is 13.2 Å². The van der Waals surface area contributed by atoms with Crippen LogP contribution in [0.4, 0.5) is 0 Å². The highest BCUT2D eigenvalue weighted by molar-refractivity contribution is 5.89. The van der Waals surface area contributed by atoms with E-state index in [0.717, 1.165) is 52.8 Å². The fourth-order valence-electron chi connectivity index (χ4n) is 4.76. The molecule has 0 aliphatic heterocycles. The van der Waals surface area contributed by atoms with E-state index in [4.69, 9.17) is 9.47 Å². The van der Waals surface area contributed by atoms with Crippen LogP contribution in [0.2, 0.25) is 0 Å². The van der Waals surface area contributed by atoms with E-state index in [0.29, 0.717) is 12.2 Å². The summed E-state index contributed by atoms with van der Waals surface area (Å²) in [7, 11) is 0. The summed E-state index contributed by atoms with van der Waals surface area (Å²) in [6.45, 7) is 5.97. The molecule has 37 heavy (non-hydrogen) atoms. The molecule has 0 fully saturated rings. The van der Waals surface area contributed by atoms with Crippen LogP contribution in [0, 0.1) is 11.3 Å². The molecule has 0 heterocycles. The van der Waals surface area contributed by atoms with Gasteiger partial charge in [0.25, 0.3) is 0 Å². The lowest BCUT2D eigenvalue weighted by atomic mass is 9.97. The predicted octanol–water partition coefficient (Wildman–Crippen LogP) is 10.2. The van der Waals surface area contributed by atoms with Gasteiger partial charge in [-0.3, -0.25) is 0 Å². The van der Waals surface area contributed by atoms with Gasteiger partial charge in [0.1, 0.15) is 11.5 Å². The van der Waals surface area contributed by atoms with Gasteiger partial charge in [-0.2, -0.15) is 5.26 Å². The minimum absolute atomic E-state index is 0.648. The molecule has 0 amide bonds. The number of benzene rings is 3. The minimum atomic E-state index is 0.648. The molecule has 0 aliphatic carbocycles. The quantitative estimate of drug-likeness (QED) is 0.163. The number of ether oxygens (including phenoxy) is 2. The maximum atomic E-state index is 9.81. The summed E-state index contributed by atoms with van der Waals surface area (Å²) >= 11 is 0. The number of unbranched alkanes of at least 4 members (excludes halogenated alkanes) is 11. The number of nitriles is 1. The smallest absolute Gasteiger partial charge is 0.120 e. The van der Waals surface area contributed by atoms with Crippen LogP contribution in [-0.2, 0) is 0 Å². The Hall–Kier alpha value is -2.99. The lowest BCUT2D eigenvalue weighted by molar-refractivity contribution is 0.304. The summed E-state index contributed by atoms with van der Waals surface area (Å²) < 4.78 is 11.9. The van der Waals surface area contributed by atoms with Crippen molar-refractivity contribution in [2.75, 3.05) is 13.2 Å². The molecular weight excluding hydrogens is 454 g/mol. The van der Waals surface area contributed by atoms with Crippen LogP contribution < -0.4 is 9.47 Å². The summed E-state index contributed by atoms with van der Waals surface area (Å²) in [5.41, 5.74) is 2.63. The first-order valence-corrected chi connectivity index (χ1v) is 14.6. The fraction of sp³-hybridized carbons (Fsp3) is 0.500. The number of fused-ring (bicyclic) bond motifs is 1. The number of hydrogen-bond donors (Lipinski definition) is 0. The van der Waals surface area contributed by atoms with Crippen LogP contribution in [0.1, 0.15) is 103 Å². The van der Waals surface area contributed by atoms with Crippen molar-refractivity contribution in [3.8, 4) is 28.7 Å². The number of rotatable bonds is 18. The molecule has 0 aromatic heterocycles. The Morgan fingerprint density at radius 2 is 1.08 bits per heavy atom. The van der Waals surface area contributed by atoms with Gasteiger partial charge in [0.15, 0.2) is 0 Å². The molecule has 0 unspecified atom stereocenters. The van der Waals surface area contributed by atoms with Gasteiger partial charge in [0.2, 0.25) is 0 Å². The molecule has 198 valence electrons. The largest absolute Gasteiger partial charge is 0.494 e. The van der Waals surface area contributed by atoms with E-state index in [1.807, 2.05) is 18.2 Å². The van der Waals surface area contributed by atoms with Crippen molar-refractivity contribution in [1.82, 2.24) is 0 Å². The van der Waals surface area contributed by atoms with Crippen molar-refractivity contribution >= 4 is 10.8 Å². The highest BCUT2D eigenvalue weighted by atomic mass is 16.5. The molecule has 0 saturated heterocycles. The van der Waals surface area contributed by atoms with Crippen molar-refractivity contribution < 1.29 is 9.47 Å². The van der Waals surface area contributed by atoms with Gasteiger partial charge in [-0.1, -0.05) is 103 Å². The SMILES string of the molecule is CCCCCCCCCOc1ccc(-c2ccc3cc(OCCCCCCCC)ccc3c2)c(C#N)c1. The Bertz CT molecular complexity index is 1110. The molecule has 0 spiro atoms. The monoisotopic (exact) mass is 499 g/mol. The van der Waals surface area contributed by atoms with E-state index in [9.17, 15) is 5.26 Å². The third kappa shape index (κ3) is 9.77. The summed E-state index contributed by atoms with van der Waals surface area (Å²) in [5.74, 6) is 1.70. The van der Waals surface area contributed by atoms with E-state index < -0.39 is 0 Å². The zero-order chi connectivity index (χ0) is 26.1. The Balaban J connectivity index is 1.53. The van der Waals surface area contributed by atoms with Gasteiger partial charge >= 0.3 is 0 Å². The normalized spacial score (nSPS) is 10.9. The molecule has 0 N–H and O–H groups in total. The molecule has 3 aromatic rings. The predicted molar refractivity (Wildman–Crippen MR) is 156 cm³/mol. The van der Waals surface area contributed by atoms with Crippen LogP contribution in [0.5, 0.6) is 11.5 Å². The Kier molecular flexibility index (Phi) is 12.9. The van der Waals surface area contributed by atoms with Crippen molar-refractivity contribution in [2.45, 2.75) is 97.3 Å². The van der Waals surface area contributed by atoms with Crippen LogP contribution in [0.25, 0.3) is 21.9 Å². The van der Waals surface area contributed by atoms with Crippen LogP contribution >= 0.6 is 0 Å². The topological polar surface area (TPSA) is 42.2 Å². The molecule has 0 bridgehead atoms. The zero-order valence-corrected chi connectivity index (χ0v) is 23.1. The lowest BCUT2D eigenvalue weighted by Crippen LogP contribution is -1.98. The lowest BCUT2D eigenvalue weighted by Gasteiger charge is -2.11. The average Bonchev–Trinajstić information content (AvgIpc) is 2.93. The second kappa shape index (κ2) is 16.7. The maximum absolute atomic E-state index is 9.81. The number of hydrogen-bond acceptors (Lipinski definition) is 3. The number of nitrogens with zero attached hydrogens (tertiary/aromatic N) is 1. The van der Waals surface area contributed by atoms with Crippen molar-refractivity contribution in [2.24, 2.45) is 0 Å². The third-order valence-corrected chi connectivity index (χ3v) is 7.02. The Labute approximate surface area is 224 Å². The highest BCUT2D eigenvalue weighted by Gasteiger charge is 2.09.